The van der Waals surface area contributed by atoms with E-state index in [1.165, 1.54) is 18.4 Å². The molecule has 1 unspecified atom stereocenters. The third-order valence-electron chi connectivity index (χ3n) is 8.00. The van der Waals surface area contributed by atoms with E-state index < -0.39 is 34.5 Å². The number of fused-ring (bicyclic) bond motifs is 1. The van der Waals surface area contributed by atoms with Gasteiger partial charge in [-0.2, -0.15) is 13.2 Å². The fourth-order valence-corrected chi connectivity index (χ4v) is 8.35. The largest absolute Gasteiger partial charge is 0.495 e. The minimum absolute atomic E-state index is 0.0202. The molecule has 45 heavy (non-hydrogen) atoms. The van der Waals surface area contributed by atoms with E-state index in [-0.39, 0.29) is 18.2 Å². The number of ether oxygens (including phenoxy) is 2. The molecule has 2 N–H and O–H groups in total. The molecule has 7 nitrogen and oxygen atoms in total. The number of hydrogen-bond acceptors (Lipinski definition) is 8. The van der Waals surface area contributed by atoms with E-state index in [0.717, 1.165) is 19.4 Å². The Morgan fingerprint density at radius 3 is 2.67 bits per heavy atom. The highest BCUT2D eigenvalue weighted by molar-refractivity contribution is 7.93. The summed E-state index contributed by atoms with van der Waals surface area (Å²) in [5.41, 5.74) is 1.34. The van der Waals surface area contributed by atoms with Gasteiger partial charge < -0.3 is 25.0 Å². The van der Waals surface area contributed by atoms with Gasteiger partial charge in [-0.3, -0.25) is 0 Å². The number of piperidine rings is 1. The zero-order valence-corrected chi connectivity index (χ0v) is 27.1. The zero-order valence-electron chi connectivity index (χ0n) is 25.5. The SMILES string of the molecule is COc1cc(S(C)(=O)=NC2CCOCC2)ccc1NCC#Cc1sc2c(N[C@@H]3CCN(C)C[C@@H]3F)cccc2c1CC(F)(F)F. The maximum atomic E-state index is 14.8. The van der Waals surface area contributed by atoms with Crippen LogP contribution < -0.4 is 15.4 Å². The van der Waals surface area contributed by atoms with Crippen LogP contribution in [0.2, 0.25) is 0 Å². The lowest BCUT2D eigenvalue weighted by molar-refractivity contribution is -0.126. The third kappa shape index (κ3) is 8.41. The molecule has 3 atom stereocenters. The molecule has 0 aliphatic carbocycles. The van der Waals surface area contributed by atoms with Crippen LogP contribution in [0.1, 0.15) is 29.7 Å². The minimum atomic E-state index is -4.42. The Hall–Kier alpha value is -3.05. The van der Waals surface area contributed by atoms with Crippen molar-refractivity contribution in [2.24, 2.45) is 4.36 Å². The molecule has 3 aromatic rings. The van der Waals surface area contributed by atoms with E-state index in [2.05, 4.69) is 26.8 Å². The van der Waals surface area contributed by atoms with E-state index in [0.29, 0.717) is 63.2 Å². The van der Waals surface area contributed by atoms with Crippen LogP contribution >= 0.6 is 11.3 Å². The number of thiophene rings is 1. The first-order chi connectivity index (χ1) is 21.4. The predicted octanol–water partition coefficient (Wildman–Crippen LogP) is 6.57. The number of nitrogens with zero attached hydrogens (tertiary/aromatic N) is 2. The first kappa shape index (κ1) is 33.3. The summed E-state index contributed by atoms with van der Waals surface area (Å²) < 4.78 is 85.3. The van der Waals surface area contributed by atoms with Crippen LogP contribution in [-0.2, 0) is 20.9 Å². The van der Waals surface area contributed by atoms with Crippen molar-refractivity contribution in [3.05, 3.63) is 46.8 Å². The molecule has 13 heteroatoms. The molecule has 244 valence electrons. The number of methoxy groups -OCH3 is 1. The summed E-state index contributed by atoms with van der Waals surface area (Å²) in [6, 6.07) is 9.86. The molecule has 5 rings (SSSR count). The van der Waals surface area contributed by atoms with Crippen molar-refractivity contribution in [2.45, 2.75) is 55.0 Å². The number of rotatable bonds is 8. The highest BCUT2D eigenvalue weighted by Gasteiger charge is 2.32. The molecule has 1 aromatic heterocycles. The molecule has 0 saturated carbocycles. The lowest BCUT2D eigenvalue weighted by atomic mass is 10.0. The van der Waals surface area contributed by atoms with Gasteiger partial charge in [0.05, 0.1) is 67.7 Å². The van der Waals surface area contributed by atoms with E-state index in [9.17, 15) is 21.8 Å². The third-order valence-corrected chi connectivity index (χ3v) is 11.0. The van der Waals surface area contributed by atoms with Gasteiger partial charge in [-0.25, -0.2) is 13.0 Å². The van der Waals surface area contributed by atoms with Gasteiger partial charge in [-0.05, 0) is 61.5 Å². The molecular formula is C32H38F4N4O3S2. The normalized spacial score (nSPS) is 21.0. The van der Waals surface area contributed by atoms with Gasteiger partial charge >= 0.3 is 6.18 Å². The van der Waals surface area contributed by atoms with Crippen LogP contribution in [0.3, 0.4) is 0 Å². The number of likely N-dealkylation sites (tertiary alicyclic amines) is 1. The molecule has 3 heterocycles. The van der Waals surface area contributed by atoms with Crippen LogP contribution in [0.5, 0.6) is 5.75 Å². The number of anilines is 2. The molecule has 0 spiro atoms. The van der Waals surface area contributed by atoms with Crippen LogP contribution in [0.25, 0.3) is 10.1 Å². The predicted molar refractivity (Wildman–Crippen MR) is 173 cm³/mol. The molecule has 0 radical (unpaired) electrons. The second-order valence-corrected chi connectivity index (χ2v) is 14.8. The zero-order chi connectivity index (χ0) is 32.2. The Morgan fingerprint density at radius 2 is 1.96 bits per heavy atom. The van der Waals surface area contributed by atoms with Crippen LogP contribution in [-0.4, -0.2) is 86.8 Å². The maximum absolute atomic E-state index is 14.8. The molecule has 2 aliphatic rings. The summed E-state index contributed by atoms with van der Waals surface area (Å²) in [6.45, 7) is 2.38. The average Bonchev–Trinajstić information content (AvgIpc) is 3.33. The molecule has 2 aliphatic heterocycles. The number of alkyl halides is 4. The van der Waals surface area contributed by atoms with Gasteiger partial charge in [0.25, 0.3) is 0 Å². The van der Waals surface area contributed by atoms with E-state index in [1.807, 2.05) is 11.9 Å². The second-order valence-electron chi connectivity index (χ2n) is 11.5. The quantitative estimate of drug-likeness (QED) is 0.210. The van der Waals surface area contributed by atoms with Crippen molar-refractivity contribution >= 4 is 42.5 Å². The Kier molecular flexibility index (Phi) is 10.5. The van der Waals surface area contributed by atoms with Gasteiger partial charge in [-0.1, -0.05) is 24.0 Å². The molecule has 2 saturated heterocycles. The van der Waals surface area contributed by atoms with Gasteiger partial charge in [0.1, 0.15) is 11.9 Å². The summed E-state index contributed by atoms with van der Waals surface area (Å²) in [6.07, 6.45) is -2.94. The monoisotopic (exact) mass is 666 g/mol. The standard InChI is InChI=1S/C32H38F4N4O3S2/c1-40-15-11-26(25(33)20-40)38-28-7-4-6-23-24(19-32(34,35)36)30(44-31(23)28)8-5-14-37-27-10-9-22(18-29(27)42-2)45(3,41)39-21-12-16-43-17-13-21/h4,6-7,9-10,18,21,25-26,37-38H,11-17,19-20H2,1-3H3/t25-,26+,45?/m0/s1. The summed E-state index contributed by atoms with van der Waals surface area (Å²) >= 11 is 1.18. The molecule has 2 fully saturated rings. The van der Waals surface area contributed by atoms with Crippen LogP contribution in [0.15, 0.2) is 45.7 Å². The summed E-state index contributed by atoms with van der Waals surface area (Å²) in [5.74, 6) is 6.36. The second kappa shape index (κ2) is 14.2. The van der Waals surface area contributed by atoms with Crippen molar-refractivity contribution in [1.29, 1.82) is 0 Å². The average molecular weight is 667 g/mol. The van der Waals surface area contributed by atoms with Crippen molar-refractivity contribution in [2.75, 3.05) is 63.9 Å². The van der Waals surface area contributed by atoms with Crippen LogP contribution in [0.4, 0.5) is 28.9 Å². The fourth-order valence-electron chi connectivity index (χ4n) is 5.63. The topological polar surface area (TPSA) is 75.2 Å². The Labute approximate surface area is 265 Å². The molecule has 0 amide bonds. The van der Waals surface area contributed by atoms with E-state index in [4.69, 9.17) is 9.47 Å². The van der Waals surface area contributed by atoms with Crippen molar-refractivity contribution in [3.63, 3.8) is 0 Å². The van der Waals surface area contributed by atoms with Gasteiger partial charge in [0, 0.05) is 32.6 Å². The summed E-state index contributed by atoms with van der Waals surface area (Å²) in [7, 11) is 0.716. The number of nitrogens with one attached hydrogen (secondary N) is 2. The molecular weight excluding hydrogens is 629 g/mol. The summed E-state index contributed by atoms with van der Waals surface area (Å²) in [4.78, 5) is 2.79. The Balaban J connectivity index is 1.36. The van der Waals surface area contributed by atoms with Crippen LogP contribution in [0, 0.1) is 11.8 Å². The van der Waals surface area contributed by atoms with Gasteiger partial charge in [0.2, 0.25) is 0 Å². The molecule has 2 aromatic carbocycles. The Morgan fingerprint density at radius 1 is 1.18 bits per heavy atom. The van der Waals surface area contributed by atoms with Crippen molar-refractivity contribution < 1.29 is 31.2 Å². The fraction of sp³-hybridized carbons (Fsp3) is 0.500. The van der Waals surface area contributed by atoms with Gasteiger partial charge in [0.15, 0.2) is 0 Å². The van der Waals surface area contributed by atoms with Crippen molar-refractivity contribution in [1.82, 2.24) is 4.90 Å². The lowest BCUT2D eigenvalue weighted by Crippen LogP contribution is -2.46. The van der Waals surface area contributed by atoms with E-state index >= 15 is 0 Å². The smallest absolute Gasteiger partial charge is 0.393 e. The van der Waals surface area contributed by atoms with Crippen molar-refractivity contribution in [3.8, 4) is 17.6 Å². The first-order valence-electron chi connectivity index (χ1n) is 14.8. The molecule has 0 bridgehead atoms. The number of hydrogen-bond donors (Lipinski definition) is 2. The Bertz CT molecular complexity index is 1680. The number of halogens is 4. The van der Waals surface area contributed by atoms with E-state index in [1.54, 1.807) is 42.7 Å². The summed E-state index contributed by atoms with van der Waals surface area (Å²) in [5, 5.41) is 6.88. The van der Waals surface area contributed by atoms with Gasteiger partial charge in [-0.15, -0.1) is 11.3 Å². The maximum Gasteiger partial charge on any atom is 0.393 e. The highest BCUT2D eigenvalue weighted by atomic mass is 32.2. The number of benzene rings is 2. The first-order valence-corrected chi connectivity index (χ1v) is 17.6. The lowest BCUT2D eigenvalue weighted by Gasteiger charge is -2.33. The minimum Gasteiger partial charge on any atom is -0.495 e. The highest BCUT2D eigenvalue weighted by Crippen LogP contribution is 2.39.